The number of urea groups is 1. The van der Waals surface area contributed by atoms with E-state index in [4.69, 9.17) is 14.5 Å². The molecule has 2 amide bonds. The molecule has 7 nitrogen and oxygen atoms in total. The van der Waals surface area contributed by atoms with Gasteiger partial charge in [-0.15, -0.1) is 0 Å². The Labute approximate surface area is 230 Å². The molecular weight excluding hydrogens is 522 g/mol. The number of nitrogens with one attached hydrogen (secondary N) is 2. The Hall–Kier alpha value is -4.05. The maximum absolute atomic E-state index is 13.8. The van der Waals surface area contributed by atoms with E-state index in [0.29, 0.717) is 18.7 Å². The minimum Gasteiger partial charge on any atom is -0.497 e. The van der Waals surface area contributed by atoms with Gasteiger partial charge in [-0.2, -0.15) is 0 Å². The van der Waals surface area contributed by atoms with Gasteiger partial charge in [-0.05, 0) is 74.0 Å². The van der Waals surface area contributed by atoms with Crippen LogP contribution in [0, 0.1) is 11.6 Å². The quantitative estimate of drug-likeness (QED) is 0.157. The van der Waals surface area contributed by atoms with Crippen LogP contribution in [-0.2, 0) is 6.54 Å². The highest BCUT2D eigenvalue weighted by atomic mass is 32.2. The molecule has 4 rings (SSSR count). The topological polar surface area (TPSA) is 77.4 Å². The molecule has 0 fully saturated rings. The number of carbonyl (C=O) groups excluding carboxylic acids is 1. The zero-order valence-corrected chi connectivity index (χ0v) is 22.8. The van der Waals surface area contributed by atoms with E-state index in [-0.39, 0.29) is 5.69 Å². The number of amides is 2. The Balaban J connectivity index is 1.46. The van der Waals surface area contributed by atoms with E-state index >= 15 is 0 Å². The molecule has 0 saturated heterocycles. The molecule has 0 aliphatic rings. The van der Waals surface area contributed by atoms with Crippen LogP contribution in [0.2, 0.25) is 0 Å². The third kappa shape index (κ3) is 6.88. The van der Waals surface area contributed by atoms with Crippen LogP contribution in [0.4, 0.5) is 19.3 Å². The first kappa shape index (κ1) is 28.0. The van der Waals surface area contributed by atoms with E-state index in [1.165, 1.54) is 6.07 Å². The van der Waals surface area contributed by atoms with Gasteiger partial charge in [0.25, 0.3) is 0 Å². The Morgan fingerprint density at radius 1 is 0.949 bits per heavy atom. The number of aromatic nitrogens is 2. The van der Waals surface area contributed by atoms with Gasteiger partial charge in [-0.3, -0.25) is 0 Å². The van der Waals surface area contributed by atoms with Crippen LogP contribution >= 0.6 is 11.8 Å². The molecule has 1 heterocycles. The highest BCUT2D eigenvalue weighted by Gasteiger charge is 2.20. The normalized spacial score (nSPS) is 10.8. The van der Waals surface area contributed by atoms with Crippen LogP contribution in [0.15, 0.2) is 71.9 Å². The second kappa shape index (κ2) is 13.1. The third-order valence-corrected chi connectivity index (χ3v) is 7.06. The molecule has 3 aromatic carbocycles. The molecule has 0 spiro atoms. The van der Waals surface area contributed by atoms with E-state index in [2.05, 4.69) is 22.1 Å². The fourth-order valence-corrected chi connectivity index (χ4v) is 5.03. The SMILES string of the molecule is CCn1c(SCCCNC(=O)Nc2ccc(F)cc2F)nc(-c2ccc(OC)cc2)c1-c1ccc(OC)cc1. The van der Waals surface area contributed by atoms with Crippen molar-refractivity contribution in [3.8, 4) is 34.0 Å². The molecule has 1 aromatic heterocycles. The summed E-state index contributed by atoms with van der Waals surface area (Å²) in [5.74, 6) is 0.721. The molecule has 0 atom stereocenters. The predicted molar refractivity (Wildman–Crippen MR) is 151 cm³/mol. The number of halogens is 2. The number of thioether (sulfide) groups is 1. The highest BCUT2D eigenvalue weighted by Crippen LogP contribution is 2.37. The first-order valence-corrected chi connectivity index (χ1v) is 13.4. The van der Waals surface area contributed by atoms with Crippen LogP contribution < -0.4 is 20.1 Å². The molecule has 10 heteroatoms. The summed E-state index contributed by atoms with van der Waals surface area (Å²) in [6, 6.07) is 18.2. The van der Waals surface area contributed by atoms with Crippen LogP contribution in [0.25, 0.3) is 22.5 Å². The van der Waals surface area contributed by atoms with Gasteiger partial charge >= 0.3 is 6.03 Å². The molecule has 2 N–H and O–H groups in total. The van der Waals surface area contributed by atoms with Crippen molar-refractivity contribution in [2.45, 2.75) is 25.0 Å². The average Bonchev–Trinajstić information content (AvgIpc) is 3.32. The molecule has 4 aromatic rings. The number of benzene rings is 3. The molecule has 0 radical (unpaired) electrons. The Kier molecular flexibility index (Phi) is 9.43. The van der Waals surface area contributed by atoms with Crippen molar-refractivity contribution in [1.82, 2.24) is 14.9 Å². The van der Waals surface area contributed by atoms with Gasteiger partial charge < -0.3 is 24.7 Å². The fraction of sp³-hybridized carbons (Fsp3) is 0.241. The smallest absolute Gasteiger partial charge is 0.319 e. The summed E-state index contributed by atoms with van der Waals surface area (Å²) < 4.78 is 39.7. The zero-order chi connectivity index (χ0) is 27.8. The molecular formula is C29H30F2N4O3S. The molecule has 0 aliphatic carbocycles. The Morgan fingerprint density at radius 2 is 1.59 bits per heavy atom. The van der Waals surface area contributed by atoms with Crippen molar-refractivity contribution < 1.29 is 23.0 Å². The standard InChI is InChI=1S/C29H30F2N4O3S/c1-4-35-27(20-8-13-23(38-3)14-9-20)26(19-6-11-22(37-2)12-7-19)34-29(35)39-17-5-16-32-28(36)33-25-15-10-21(30)18-24(25)31/h6-15,18H,4-5,16-17H2,1-3H3,(H2,32,33,36). The maximum atomic E-state index is 13.8. The molecule has 0 aliphatic heterocycles. The minimum atomic E-state index is -0.826. The summed E-state index contributed by atoms with van der Waals surface area (Å²) in [5.41, 5.74) is 3.79. The van der Waals surface area contributed by atoms with E-state index in [0.717, 1.165) is 57.8 Å². The fourth-order valence-electron chi connectivity index (χ4n) is 4.02. The van der Waals surface area contributed by atoms with E-state index in [1.807, 2.05) is 48.5 Å². The van der Waals surface area contributed by atoms with Crippen molar-refractivity contribution in [1.29, 1.82) is 0 Å². The lowest BCUT2D eigenvalue weighted by Gasteiger charge is -2.12. The van der Waals surface area contributed by atoms with Crippen molar-refractivity contribution >= 4 is 23.5 Å². The summed E-state index contributed by atoms with van der Waals surface area (Å²) in [6.45, 7) is 3.18. The molecule has 39 heavy (non-hydrogen) atoms. The van der Waals surface area contributed by atoms with Crippen LogP contribution in [-0.4, -0.2) is 42.1 Å². The predicted octanol–water partition coefficient (Wildman–Crippen LogP) is 6.84. The van der Waals surface area contributed by atoms with Gasteiger partial charge in [-0.25, -0.2) is 18.6 Å². The van der Waals surface area contributed by atoms with E-state index < -0.39 is 17.7 Å². The molecule has 0 saturated carbocycles. The van der Waals surface area contributed by atoms with E-state index in [9.17, 15) is 13.6 Å². The van der Waals surface area contributed by atoms with Crippen molar-refractivity contribution in [3.05, 3.63) is 78.4 Å². The summed E-state index contributed by atoms with van der Waals surface area (Å²) in [4.78, 5) is 17.1. The van der Waals surface area contributed by atoms with Crippen molar-refractivity contribution in [3.63, 3.8) is 0 Å². The van der Waals surface area contributed by atoms with Crippen LogP contribution in [0.1, 0.15) is 13.3 Å². The number of carbonyl (C=O) groups is 1. The number of imidazole rings is 1. The number of nitrogens with zero attached hydrogens (tertiary/aromatic N) is 2. The van der Waals surface area contributed by atoms with Gasteiger partial charge in [0.1, 0.15) is 23.1 Å². The van der Waals surface area contributed by atoms with Gasteiger partial charge in [0.15, 0.2) is 5.16 Å². The number of ether oxygens (including phenoxy) is 2. The largest absolute Gasteiger partial charge is 0.497 e. The molecule has 204 valence electrons. The summed E-state index contributed by atoms with van der Waals surface area (Å²) in [7, 11) is 3.28. The second-order valence-electron chi connectivity index (χ2n) is 8.50. The third-order valence-electron chi connectivity index (χ3n) is 5.99. The number of rotatable bonds is 11. The number of hydrogen-bond acceptors (Lipinski definition) is 5. The average molecular weight is 553 g/mol. The minimum absolute atomic E-state index is 0.0784. The maximum Gasteiger partial charge on any atom is 0.319 e. The first-order valence-electron chi connectivity index (χ1n) is 12.5. The summed E-state index contributed by atoms with van der Waals surface area (Å²) >= 11 is 1.60. The highest BCUT2D eigenvalue weighted by molar-refractivity contribution is 7.99. The molecule has 0 bridgehead atoms. The number of anilines is 1. The van der Waals surface area contributed by atoms with Crippen LogP contribution in [0.5, 0.6) is 11.5 Å². The van der Waals surface area contributed by atoms with Gasteiger partial charge in [-0.1, -0.05) is 11.8 Å². The van der Waals surface area contributed by atoms with Crippen LogP contribution in [0.3, 0.4) is 0 Å². The second-order valence-corrected chi connectivity index (χ2v) is 9.56. The summed E-state index contributed by atoms with van der Waals surface area (Å²) in [5, 5.41) is 5.97. The summed E-state index contributed by atoms with van der Waals surface area (Å²) in [6.07, 6.45) is 0.663. The lowest BCUT2D eigenvalue weighted by atomic mass is 10.0. The lowest BCUT2D eigenvalue weighted by molar-refractivity contribution is 0.252. The lowest BCUT2D eigenvalue weighted by Crippen LogP contribution is -2.30. The number of methoxy groups -OCH3 is 2. The Bertz CT molecular complexity index is 1410. The van der Waals surface area contributed by atoms with Gasteiger partial charge in [0.05, 0.1) is 31.3 Å². The first-order chi connectivity index (χ1) is 18.9. The monoisotopic (exact) mass is 552 g/mol. The molecule has 0 unspecified atom stereocenters. The Morgan fingerprint density at radius 3 is 2.18 bits per heavy atom. The van der Waals surface area contributed by atoms with Crippen molar-refractivity contribution in [2.75, 3.05) is 31.8 Å². The van der Waals surface area contributed by atoms with Gasteiger partial charge in [0, 0.05) is 36.0 Å². The van der Waals surface area contributed by atoms with Crippen molar-refractivity contribution in [2.24, 2.45) is 0 Å². The van der Waals surface area contributed by atoms with E-state index in [1.54, 1.807) is 26.0 Å². The van der Waals surface area contributed by atoms with Gasteiger partial charge in [0.2, 0.25) is 0 Å². The number of hydrogen-bond donors (Lipinski definition) is 2. The zero-order valence-electron chi connectivity index (χ0n) is 22.0.